The lowest BCUT2D eigenvalue weighted by Gasteiger charge is -2.02. The number of amides is 1. The van der Waals surface area contributed by atoms with Crippen molar-refractivity contribution in [2.75, 3.05) is 0 Å². The lowest BCUT2D eigenvalue weighted by atomic mass is 10.2. The van der Waals surface area contributed by atoms with Crippen molar-refractivity contribution < 1.29 is 9.90 Å². The van der Waals surface area contributed by atoms with E-state index in [2.05, 4.69) is 26.5 Å². The molecule has 88 valence electrons. The van der Waals surface area contributed by atoms with Gasteiger partial charge in [-0.1, -0.05) is 11.6 Å². The van der Waals surface area contributed by atoms with Crippen LogP contribution in [-0.2, 0) is 4.79 Å². The van der Waals surface area contributed by atoms with Crippen LogP contribution in [0.1, 0.15) is 12.0 Å². The number of halogens is 2. The zero-order chi connectivity index (χ0) is 12.8. The summed E-state index contributed by atoms with van der Waals surface area (Å²) < 4.78 is 0.426. The molecule has 0 radical (unpaired) electrons. The van der Waals surface area contributed by atoms with E-state index in [0.717, 1.165) is 0 Å². The summed E-state index contributed by atoms with van der Waals surface area (Å²) in [7, 11) is 0. The summed E-state index contributed by atoms with van der Waals surface area (Å²) in [4.78, 5) is 10.9. The molecular weight excluding hydrogens is 309 g/mol. The van der Waals surface area contributed by atoms with Crippen LogP contribution < -0.4 is 5.43 Å². The highest BCUT2D eigenvalue weighted by atomic mass is 79.9. The Bertz CT molecular complexity index is 511. The zero-order valence-electron chi connectivity index (χ0n) is 8.44. The minimum Gasteiger partial charge on any atom is -0.506 e. The number of phenols is 1. The summed E-state index contributed by atoms with van der Waals surface area (Å²) in [5, 5.41) is 21.9. The molecule has 7 heteroatoms. The summed E-state index contributed by atoms with van der Waals surface area (Å²) >= 11 is 8.90. The lowest BCUT2D eigenvalue weighted by Crippen LogP contribution is -2.16. The second-order valence-electron chi connectivity index (χ2n) is 2.95. The third-order valence-corrected chi connectivity index (χ3v) is 2.51. The van der Waals surface area contributed by atoms with Gasteiger partial charge in [-0.3, -0.25) is 4.79 Å². The summed E-state index contributed by atoms with van der Waals surface area (Å²) in [6.45, 7) is 0. The van der Waals surface area contributed by atoms with E-state index in [1.165, 1.54) is 18.3 Å². The molecule has 0 saturated heterocycles. The van der Waals surface area contributed by atoms with Gasteiger partial charge in [0, 0.05) is 10.6 Å². The van der Waals surface area contributed by atoms with Gasteiger partial charge in [0.2, 0.25) is 0 Å². The van der Waals surface area contributed by atoms with Crippen molar-refractivity contribution in [3.05, 3.63) is 27.2 Å². The number of carbonyl (C=O) groups excluding carboxylic acids is 1. The van der Waals surface area contributed by atoms with Gasteiger partial charge in [-0.05, 0) is 28.1 Å². The van der Waals surface area contributed by atoms with E-state index in [1.54, 1.807) is 6.07 Å². The molecule has 1 rings (SSSR count). The van der Waals surface area contributed by atoms with Gasteiger partial charge in [0.05, 0.1) is 16.8 Å². The molecule has 17 heavy (non-hydrogen) atoms. The molecule has 0 aliphatic carbocycles. The summed E-state index contributed by atoms with van der Waals surface area (Å²) in [6.07, 6.45) is 0.962. The number of carbonyl (C=O) groups is 1. The van der Waals surface area contributed by atoms with Gasteiger partial charge < -0.3 is 5.11 Å². The lowest BCUT2D eigenvalue weighted by molar-refractivity contribution is -0.120. The number of nitriles is 1. The molecule has 1 aromatic rings. The van der Waals surface area contributed by atoms with Gasteiger partial charge >= 0.3 is 0 Å². The van der Waals surface area contributed by atoms with Crippen molar-refractivity contribution in [1.29, 1.82) is 5.26 Å². The number of rotatable bonds is 3. The SMILES string of the molecule is N#CCC(=O)N/N=C/c1cc(Cl)cc(Br)c1O. The molecule has 1 aromatic carbocycles. The first kappa shape index (κ1) is 13.5. The van der Waals surface area contributed by atoms with Crippen LogP contribution in [0.5, 0.6) is 5.75 Å². The normalized spacial score (nSPS) is 10.2. The number of hydrogen-bond donors (Lipinski definition) is 2. The first-order valence-electron chi connectivity index (χ1n) is 4.41. The number of phenolic OH excluding ortho intramolecular Hbond substituents is 1. The summed E-state index contributed by atoms with van der Waals surface area (Å²) in [6, 6.07) is 4.70. The zero-order valence-corrected chi connectivity index (χ0v) is 10.8. The Morgan fingerprint density at radius 3 is 3.06 bits per heavy atom. The predicted molar refractivity (Wildman–Crippen MR) is 66.8 cm³/mol. The highest BCUT2D eigenvalue weighted by molar-refractivity contribution is 9.10. The van der Waals surface area contributed by atoms with Gasteiger partial charge in [-0.25, -0.2) is 5.43 Å². The van der Waals surface area contributed by atoms with E-state index in [-0.39, 0.29) is 12.2 Å². The van der Waals surface area contributed by atoms with Crippen LogP contribution in [-0.4, -0.2) is 17.2 Å². The maximum atomic E-state index is 10.9. The second kappa shape index (κ2) is 6.23. The fraction of sp³-hybridized carbons (Fsp3) is 0.100. The van der Waals surface area contributed by atoms with Crippen molar-refractivity contribution in [2.45, 2.75) is 6.42 Å². The van der Waals surface area contributed by atoms with Gasteiger partial charge in [0.25, 0.3) is 5.91 Å². The minimum atomic E-state index is -0.524. The number of aromatic hydroxyl groups is 1. The smallest absolute Gasteiger partial charge is 0.254 e. The van der Waals surface area contributed by atoms with Crippen molar-refractivity contribution in [2.24, 2.45) is 5.10 Å². The highest BCUT2D eigenvalue weighted by Crippen LogP contribution is 2.30. The van der Waals surface area contributed by atoms with Crippen molar-refractivity contribution in [1.82, 2.24) is 5.43 Å². The Kier molecular flexibility index (Phi) is 4.94. The Balaban J connectivity index is 2.79. The van der Waals surface area contributed by atoms with Gasteiger partial charge in [-0.15, -0.1) is 0 Å². The fourth-order valence-corrected chi connectivity index (χ4v) is 1.80. The molecule has 0 saturated carbocycles. The fourth-order valence-electron chi connectivity index (χ4n) is 0.969. The van der Waals surface area contributed by atoms with Crippen LogP contribution in [0.2, 0.25) is 5.02 Å². The predicted octanol–water partition coefficient (Wildman–Crippen LogP) is 2.17. The third kappa shape index (κ3) is 4.06. The minimum absolute atomic E-state index is 0.0346. The van der Waals surface area contributed by atoms with Gasteiger partial charge in [0.15, 0.2) is 0 Å². The largest absolute Gasteiger partial charge is 0.506 e. The molecule has 0 aliphatic heterocycles. The Hall–Kier alpha value is -1.58. The average molecular weight is 317 g/mol. The van der Waals surface area contributed by atoms with Crippen LogP contribution >= 0.6 is 27.5 Å². The van der Waals surface area contributed by atoms with Gasteiger partial charge in [-0.2, -0.15) is 10.4 Å². The van der Waals surface area contributed by atoms with E-state index in [9.17, 15) is 9.90 Å². The molecule has 0 unspecified atom stereocenters. The number of hydrogen-bond acceptors (Lipinski definition) is 4. The molecule has 0 atom stereocenters. The molecule has 1 amide bonds. The number of benzene rings is 1. The number of nitrogens with one attached hydrogen (secondary N) is 1. The van der Waals surface area contributed by atoms with Crippen LogP contribution in [0.25, 0.3) is 0 Å². The van der Waals surface area contributed by atoms with Crippen LogP contribution in [0.15, 0.2) is 21.7 Å². The van der Waals surface area contributed by atoms with Crippen molar-refractivity contribution in [3.63, 3.8) is 0 Å². The maximum absolute atomic E-state index is 10.9. The van der Waals surface area contributed by atoms with Crippen LogP contribution in [0.4, 0.5) is 0 Å². The Morgan fingerprint density at radius 2 is 2.41 bits per heavy atom. The third-order valence-electron chi connectivity index (χ3n) is 1.69. The topological polar surface area (TPSA) is 85.5 Å². The van der Waals surface area contributed by atoms with Crippen molar-refractivity contribution >= 4 is 39.7 Å². The molecule has 2 N–H and O–H groups in total. The molecule has 0 fully saturated rings. The van der Waals surface area contributed by atoms with E-state index in [1.807, 2.05) is 0 Å². The van der Waals surface area contributed by atoms with Crippen molar-refractivity contribution in [3.8, 4) is 11.8 Å². The van der Waals surface area contributed by atoms with E-state index < -0.39 is 5.91 Å². The maximum Gasteiger partial charge on any atom is 0.254 e. The Morgan fingerprint density at radius 1 is 1.71 bits per heavy atom. The van der Waals surface area contributed by atoms with E-state index in [4.69, 9.17) is 16.9 Å². The molecule has 0 aromatic heterocycles. The number of hydrazone groups is 1. The first-order valence-corrected chi connectivity index (χ1v) is 5.58. The number of nitrogens with zero attached hydrogens (tertiary/aromatic N) is 2. The molecule has 0 bridgehead atoms. The van der Waals surface area contributed by atoms with E-state index in [0.29, 0.717) is 15.1 Å². The summed E-state index contributed by atoms with van der Waals surface area (Å²) in [5.41, 5.74) is 2.49. The quantitative estimate of drug-likeness (QED) is 0.662. The van der Waals surface area contributed by atoms with E-state index >= 15 is 0 Å². The summed E-state index contributed by atoms with van der Waals surface area (Å²) in [5.74, 6) is -0.558. The molecule has 5 nitrogen and oxygen atoms in total. The Labute approximate surface area is 111 Å². The highest BCUT2D eigenvalue weighted by Gasteiger charge is 2.05. The second-order valence-corrected chi connectivity index (χ2v) is 4.24. The average Bonchev–Trinajstić information content (AvgIpc) is 2.25. The first-order chi connectivity index (χ1) is 8.04. The van der Waals surface area contributed by atoms with Gasteiger partial charge in [0.1, 0.15) is 12.2 Å². The molecule has 0 heterocycles. The molecule has 0 aliphatic rings. The molecular formula is C10H7BrClN3O2. The van der Waals surface area contributed by atoms with Crippen LogP contribution in [0, 0.1) is 11.3 Å². The monoisotopic (exact) mass is 315 g/mol. The standard InChI is InChI=1S/C10H7BrClN3O2/c11-8-4-7(12)3-6(10(8)17)5-14-15-9(16)1-2-13/h3-5,17H,1H2,(H,15,16)/b14-5+. The van der Waals surface area contributed by atoms with Crippen LogP contribution in [0.3, 0.4) is 0 Å². The molecule has 0 spiro atoms.